The van der Waals surface area contributed by atoms with Crippen molar-refractivity contribution in [2.45, 2.75) is 26.7 Å². The van der Waals surface area contributed by atoms with Crippen molar-refractivity contribution >= 4 is 23.2 Å². The number of rotatable bonds is 6. The molecule has 1 saturated heterocycles. The Bertz CT molecular complexity index is 786. The maximum atomic E-state index is 12.6. The monoisotopic (exact) mass is 352 g/mol. The van der Waals surface area contributed by atoms with E-state index in [0.29, 0.717) is 18.9 Å². The van der Waals surface area contributed by atoms with Gasteiger partial charge in [-0.1, -0.05) is 31.2 Å². The Morgan fingerprint density at radius 3 is 2.58 bits per heavy atom. The highest BCUT2D eigenvalue weighted by molar-refractivity contribution is 6.04. The van der Waals surface area contributed by atoms with E-state index in [1.54, 1.807) is 4.90 Å². The number of carbonyl (C=O) groups is 2. The van der Waals surface area contributed by atoms with Gasteiger partial charge in [-0.2, -0.15) is 0 Å². The highest BCUT2D eigenvalue weighted by Crippen LogP contribution is 2.33. The van der Waals surface area contributed by atoms with Crippen LogP contribution in [0, 0.1) is 5.92 Å². The molecule has 0 unspecified atom stereocenters. The highest BCUT2D eigenvalue weighted by atomic mass is 16.5. The summed E-state index contributed by atoms with van der Waals surface area (Å²) in [6.45, 7) is 4.88. The number of benzene rings is 2. The molecule has 0 aliphatic carbocycles. The van der Waals surface area contributed by atoms with Gasteiger partial charge in [-0.15, -0.1) is 0 Å². The van der Waals surface area contributed by atoms with Crippen LogP contribution in [0.5, 0.6) is 5.75 Å². The van der Waals surface area contributed by atoms with E-state index in [2.05, 4.69) is 12.2 Å². The molecule has 1 N–H and O–H groups in total. The molecule has 1 fully saturated rings. The molecule has 136 valence electrons. The molecule has 2 amide bonds. The first kappa shape index (κ1) is 18.0. The van der Waals surface area contributed by atoms with Crippen molar-refractivity contribution < 1.29 is 14.3 Å². The maximum Gasteiger partial charge on any atom is 0.229 e. The third-order valence-corrected chi connectivity index (χ3v) is 4.58. The molecular formula is C21H24N2O3. The topological polar surface area (TPSA) is 58.6 Å². The Kier molecular flexibility index (Phi) is 5.56. The zero-order chi connectivity index (χ0) is 18.5. The van der Waals surface area contributed by atoms with Gasteiger partial charge in [0.25, 0.3) is 0 Å². The molecule has 0 bridgehead atoms. The average Bonchev–Trinajstić information content (AvgIpc) is 3.05. The Morgan fingerprint density at radius 2 is 1.88 bits per heavy atom. The summed E-state index contributed by atoms with van der Waals surface area (Å²) in [6, 6.07) is 15.2. The van der Waals surface area contributed by atoms with Crippen LogP contribution in [0.3, 0.4) is 0 Å². The highest BCUT2D eigenvalue weighted by Gasteiger charge is 2.36. The molecule has 0 aromatic heterocycles. The van der Waals surface area contributed by atoms with E-state index in [4.69, 9.17) is 4.74 Å². The number of nitrogens with one attached hydrogen (secondary N) is 1. The first-order valence-electron chi connectivity index (χ1n) is 9.04. The number of aryl methyl sites for hydroxylation is 1. The number of nitrogens with zero attached hydrogens (tertiary/aromatic N) is 1. The molecule has 1 aliphatic rings. The molecule has 1 atom stereocenters. The second kappa shape index (κ2) is 8.04. The van der Waals surface area contributed by atoms with E-state index in [0.717, 1.165) is 17.8 Å². The minimum absolute atomic E-state index is 0.0568. The van der Waals surface area contributed by atoms with Gasteiger partial charge in [-0.25, -0.2) is 0 Å². The molecule has 5 nitrogen and oxygen atoms in total. The molecule has 2 aromatic rings. The summed E-state index contributed by atoms with van der Waals surface area (Å²) in [5.74, 6) is 0.111. The molecule has 0 spiro atoms. The average molecular weight is 352 g/mol. The first-order valence-corrected chi connectivity index (χ1v) is 9.04. The van der Waals surface area contributed by atoms with E-state index in [1.807, 2.05) is 55.5 Å². The second-order valence-corrected chi connectivity index (χ2v) is 6.35. The predicted octanol–water partition coefficient (Wildman–Crippen LogP) is 3.64. The molecule has 1 heterocycles. The number of amides is 2. The van der Waals surface area contributed by atoms with Crippen molar-refractivity contribution in [3.63, 3.8) is 0 Å². The van der Waals surface area contributed by atoms with Crippen molar-refractivity contribution in [1.82, 2.24) is 0 Å². The largest absolute Gasteiger partial charge is 0.492 e. The molecule has 0 radical (unpaired) electrons. The lowest BCUT2D eigenvalue weighted by Crippen LogP contribution is -2.28. The lowest BCUT2D eigenvalue weighted by atomic mass is 10.1. The number of hydrogen-bond acceptors (Lipinski definition) is 3. The first-order chi connectivity index (χ1) is 12.6. The summed E-state index contributed by atoms with van der Waals surface area (Å²) in [5.41, 5.74) is 2.70. The van der Waals surface area contributed by atoms with Crippen LogP contribution in [0.1, 0.15) is 25.8 Å². The Hall–Kier alpha value is -2.82. The van der Waals surface area contributed by atoms with E-state index in [-0.39, 0.29) is 24.2 Å². The fourth-order valence-electron chi connectivity index (χ4n) is 3.14. The van der Waals surface area contributed by atoms with Gasteiger partial charge in [-0.3, -0.25) is 9.59 Å². The number of ether oxygens (including phenoxy) is 1. The minimum Gasteiger partial charge on any atom is -0.492 e. The second-order valence-electron chi connectivity index (χ2n) is 6.35. The van der Waals surface area contributed by atoms with E-state index in [1.165, 1.54) is 5.56 Å². The molecule has 3 rings (SSSR count). The third-order valence-electron chi connectivity index (χ3n) is 4.58. The van der Waals surface area contributed by atoms with Crippen LogP contribution in [0.4, 0.5) is 11.4 Å². The van der Waals surface area contributed by atoms with E-state index < -0.39 is 0 Å². The van der Waals surface area contributed by atoms with Gasteiger partial charge in [0.05, 0.1) is 18.2 Å². The normalized spacial score (nSPS) is 16.6. The minimum atomic E-state index is -0.372. The Balaban J connectivity index is 1.70. The van der Waals surface area contributed by atoms with Gasteiger partial charge >= 0.3 is 0 Å². The molecule has 0 saturated carbocycles. The summed E-state index contributed by atoms with van der Waals surface area (Å²) in [6.07, 6.45) is 1.17. The van der Waals surface area contributed by atoms with Crippen LogP contribution < -0.4 is 15.0 Å². The molecular weight excluding hydrogens is 328 g/mol. The SMILES string of the molecule is CCOc1ccccc1N1C[C@H](C(=O)Nc2ccc(CC)cc2)CC1=O. The Morgan fingerprint density at radius 1 is 1.15 bits per heavy atom. The number of para-hydroxylation sites is 2. The lowest BCUT2D eigenvalue weighted by molar-refractivity contribution is -0.122. The van der Waals surface area contributed by atoms with Gasteiger partial charge in [0, 0.05) is 18.7 Å². The van der Waals surface area contributed by atoms with Gasteiger partial charge in [0.1, 0.15) is 5.75 Å². The summed E-state index contributed by atoms with van der Waals surface area (Å²) in [5, 5.41) is 2.92. The predicted molar refractivity (Wildman–Crippen MR) is 103 cm³/mol. The van der Waals surface area contributed by atoms with Crippen molar-refractivity contribution in [1.29, 1.82) is 0 Å². The Labute approximate surface area is 154 Å². The zero-order valence-electron chi connectivity index (χ0n) is 15.2. The van der Waals surface area contributed by atoms with Crippen molar-refractivity contribution in [3.05, 3.63) is 54.1 Å². The lowest BCUT2D eigenvalue weighted by Gasteiger charge is -2.20. The summed E-state index contributed by atoms with van der Waals surface area (Å²) < 4.78 is 5.62. The summed E-state index contributed by atoms with van der Waals surface area (Å²) in [7, 11) is 0. The quantitative estimate of drug-likeness (QED) is 0.863. The standard InChI is InChI=1S/C21H24N2O3/c1-3-15-9-11-17(12-10-15)22-21(25)16-13-20(24)23(14-16)18-7-5-6-8-19(18)26-4-2/h5-12,16H,3-4,13-14H2,1-2H3,(H,22,25)/t16-/m1/s1. The van der Waals surface area contributed by atoms with Gasteiger partial charge in [-0.05, 0) is 43.2 Å². The van der Waals surface area contributed by atoms with Gasteiger partial charge in [0.2, 0.25) is 11.8 Å². The molecule has 2 aromatic carbocycles. The van der Waals surface area contributed by atoms with Crippen LogP contribution in [0.15, 0.2) is 48.5 Å². The molecule has 5 heteroatoms. The van der Waals surface area contributed by atoms with Crippen molar-refractivity contribution in [3.8, 4) is 5.75 Å². The van der Waals surface area contributed by atoms with Crippen LogP contribution >= 0.6 is 0 Å². The van der Waals surface area contributed by atoms with Crippen molar-refractivity contribution in [2.75, 3.05) is 23.4 Å². The summed E-state index contributed by atoms with van der Waals surface area (Å²) >= 11 is 0. The van der Waals surface area contributed by atoms with Crippen LogP contribution in [-0.4, -0.2) is 25.0 Å². The van der Waals surface area contributed by atoms with Crippen LogP contribution in [-0.2, 0) is 16.0 Å². The number of hydrogen-bond donors (Lipinski definition) is 1. The smallest absolute Gasteiger partial charge is 0.229 e. The van der Waals surface area contributed by atoms with Gasteiger partial charge < -0.3 is 15.0 Å². The molecule has 26 heavy (non-hydrogen) atoms. The van der Waals surface area contributed by atoms with Gasteiger partial charge in [0.15, 0.2) is 0 Å². The third kappa shape index (κ3) is 3.87. The maximum absolute atomic E-state index is 12.6. The number of anilines is 2. The fourth-order valence-corrected chi connectivity index (χ4v) is 3.14. The number of carbonyl (C=O) groups excluding carboxylic acids is 2. The van der Waals surface area contributed by atoms with Crippen LogP contribution in [0.2, 0.25) is 0 Å². The molecule has 1 aliphatic heterocycles. The fraction of sp³-hybridized carbons (Fsp3) is 0.333. The zero-order valence-corrected chi connectivity index (χ0v) is 15.2. The van der Waals surface area contributed by atoms with E-state index >= 15 is 0 Å². The summed E-state index contributed by atoms with van der Waals surface area (Å²) in [4.78, 5) is 26.7. The van der Waals surface area contributed by atoms with Crippen molar-refractivity contribution in [2.24, 2.45) is 5.92 Å². The van der Waals surface area contributed by atoms with E-state index in [9.17, 15) is 9.59 Å². The van der Waals surface area contributed by atoms with Crippen LogP contribution in [0.25, 0.3) is 0 Å².